The number of benzene rings is 2. The SMILES string of the molecule is Cc1nc(CBr)c(-c2ccc(OCCc3ccc(F)cc3)cc2)c(N2CCC3(CCC3)CC2)c1[C@H](OC(C)(C)C)C(=O)OC(C)C. The Kier molecular flexibility index (Phi) is 10.8. The van der Waals surface area contributed by atoms with Gasteiger partial charge >= 0.3 is 5.97 Å². The van der Waals surface area contributed by atoms with Crippen LogP contribution in [0.3, 0.4) is 0 Å². The smallest absolute Gasteiger partial charge is 0.340 e. The lowest BCUT2D eigenvalue weighted by molar-refractivity contribution is -0.171. The van der Waals surface area contributed by atoms with Crippen LogP contribution in [0, 0.1) is 18.2 Å². The van der Waals surface area contributed by atoms with Crippen LogP contribution >= 0.6 is 15.9 Å². The molecule has 0 bridgehead atoms. The van der Waals surface area contributed by atoms with Gasteiger partial charge in [0.15, 0.2) is 6.10 Å². The lowest BCUT2D eigenvalue weighted by Gasteiger charge is -2.49. The minimum Gasteiger partial charge on any atom is -0.493 e. The first-order chi connectivity index (χ1) is 21.9. The Hall–Kier alpha value is -2.97. The molecule has 8 heteroatoms. The van der Waals surface area contributed by atoms with Gasteiger partial charge < -0.3 is 19.1 Å². The van der Waals surface area contributed by atoms with Crippen molar-refractivity contribution in [1.82, 2.24) is 4.98 Å². The summed E-state index contributed by atoms with van der Waals surface area (Å²) in [5.74, 6) is 0.120. The number of aryl methyl sites for hydroxylation is 1. The number of alkyl halides is 1. The topological polar surface area (TPSA) is 60.9 Å². The van der Waals surface area contributed by atoms with Gasteiger partial charge in [-0.2, -0.15) is 0 Å². The number of aromatic nitrogens is 1. The maximum Gasteiger partial charge on any atom is 0.340 e. The highest BCUT2D eigenvalue weighted by Gasteiger charge is 2.42. The van der Waals surface area contributed by atoms with Crippen LogP contribution in [0.1, 0.15) is 95.3 Å². The molecule has 0 unspecified atom stereocenters. The minimum atomic E-state index is -0.929. The summed E-state index contributed by atoms with van der Waals surface area (Å²) < 4.78 is 31.7. The molecule has 3 aromatic rings. The second-order valence-corrected chi connectivity index (χ2v) is 14.7. The van der Waals surface area contributed by atoms with Gasteiger partial charge in [-0.15, -0.1) is 0 Å². The van der Waals surface area contributed by atoms with Crippen molar-refractivity contribution in [3.05, 3.63) is 76.9 Å². The normalized spacial score (nSPS) is 16.8. The summed E-state index contributed by atoms with van der Waals surface area (Å²) in [7, 11) is 0. The van der Waals surface area contributed by atoms with Crippen LogP contribution in [0.4, 0.5) is 10.1 Å². The molecule has 1 aliphatic carbocycles. The van der Waals surface area contributed by atoms with Crippen LogP contribution in [0.25, 0.3) is 11.1 Å². The van der Waals surface area contributed by atoms with Gasteiger partial charge in [0.05, 0.1) is 29.7 Å². The van der Waals surface area contributed by atoms with E-state index in [1.165, 1.54) is 31.4 Å². The Labute approximate surface area is 282 Å². The molecular formula is C38H48BrFN2O4. The molecule has 2 aliphatic rings. The second kappa shape index (κ2) is 14.4. The van der Waals surface area contributed by atoms with E-state index in [1.54, 1.807) is 12.1 Å². The Bertz CT molecular complexity index is 1490. The first-order valence-electron chi connectivity index (χ1n) is 16.6. The molecular weight excluding hydrogens is 647 g/mol. The molecule has 1 saturated heterocycles. The molecule has 1 spiro atoms. The van der Waals surface area contributed by atoms with E-state index in [-0.39, 0.29) is 11.9 Å². The number of ether oxygens (including phenoxy) is 3. The van der Waals surface area contributed by atoms with E-state index in [2.05, 4.69) is 33.0 Å². The molecule has 1 aromatic heterocycles. The molecule has 248 valence electrons. The van der Waals surface area contributed by atoms with Crippen LogP contribution in [0.5, 0.6) is 5.75 Å². The zero-order valence-corrected chi connectivity index (χ0v) is 29.7. The molecule has 1 atom stereocenters. The number of esters is 1. The summed E-state index contributed by atoms with van der Waals surface area (Å²) in [6.07, 6.45) is 5.69. The van der Waals surface area contributed by atoms with E-state index in [9.17, 15) is 9.18 Å². The molecule has 2 heterocycles. The maximum absolute atomic E-state index is 13.8. The lowest BCUT2D eigenvalue weighted by atomic mass is 9.63. The van der Waals surface area contributed by atoms with Gasteiger partial charge in [-0.05, 0) is 108 Å². The van der Waals surface area contributed by atoms with E-state index in [4.69, 9.17) is 19.2 Å². The number of rotatable bonds is 11. The Morgan fingerprint density at radius 3 is 2.22 bits per heavy atom. The third-order valence-corrected chi connectivity index (χ3v) is 9.70. The first kappa shape index (κ1) is 34.4. The van der Waals surface area contributed by atoms with Gasteiger partial charge in [-0.1, -0.05) is 46.6 Å². The highest BCUT2D eigenvalue weighted by molar-refractivity contribution is 9.08. The number of piperidine rings is 1. The number of anilines is 1. The van der Waals surface area contributed by atoms with E-state index in [1.807, 2.05) is 53.7 Å². The third kappa shape index (κ3) is 8.11. The van der Waals surface area contributed by atoms with E-state index in [0.29, 0.717) is 23.8 Å². The zero-order valence-electron chi connectivity index (χ0n) is 28.1. The van der Waals surface area contributed by atoms with Crippen molar-refractivity contribution < 1.29 is 23.4 Å². The van der Waals surface area contributed by atoms with Crippen LogP contribution in [-0.4, -0.2) is 42.4 Å². The molecule has 0 N–H and O–H groups in total. The van der Waals surface area contributed by atoms with E-state index >= 15 is 0 Å². The summed E-state index contributed by atoms with van der Waals surface area (Å²) in [6, 6.07) is 14.6. The van der Waals surface area contributed by atoms with Gasteiger partial charge in [0.25, 0.3) is 0 Å². The largest absolute Gasteiger partial charge is 0.493 e. The van der Waals surface area contributed by atoms with Crippen molar-refractivity contribution in [2.24, 2.45) is 5.41 Å². The van der Waals surface area contributed by atoms with Gasteiger partial charge in [-0.3, -0.25) is 4.98 Å². The van der Waals surface area contributed by atoms with Crippen molar-refractivity contribution in [3.63, 3.8) is 0 Å². The number of halogens is 2. The fraction of sp³-hybridized carbons (Fsp3) is 0.526. The summed E-state index contributed by atoms with van der Waals surface area (Å²) in [5.41, 5.74) is 6.37. The average Bonchev–Trinajstić information content (AvgIpc) is 2.99. The van der Waals surface area contributed by atoms with Crippen LogP contribution in [0.2, 0.25) is 0 Å². The van der Waals surface area contributed by atoms with Gasteiger partial charge in [0.1, 0.15) is 11.6 Å². The minimum absolute atomic E-state index is 0.239. The number of nitrogens with zero attached hydrogens (tertiary/aromatic N) is 2. The number of carbonyl (C=O) groups is 1. The second-order valence-electron chi connectivity index (χ2n) is 14.1. The molecule has 46 heavy (non-hydrogen) atoms. The first-order valence-corrected chi connectivity index (χ1v) is 17.7. The number of hydrogen-bond acceptors (Lipinski definition) is 6. The highest BCUT2D eigenvalue weighted by atomic mass is 79.9. The molecule has 6 nitrogen and oxygen atoms in total. The van der Waals surface area contributed by atoms with Crippen molar-refractivity contribution in [2.45, 2.75) is 103 Å². The van der Waals surface area contributed by atoms with Gasteiger partial charge in [0, 0.05) is 41.7 Å². The monoisotopic (exact) mass is 694 g/mol. The summed E-state index contributed by atoms with van der Waals surface area (Å²) in [5, 5.41) is 0.561. The average molecular weight is 696 g/mol. The molecule has 0 amide bonds. The molecule has 1 saturated carbocycles. The van der Waals surface area contributed by atoms with Crippen LogP contribution in [-0.2, 0) is 26.0 Å². The summed E-state index contributed by atoms with van der Waals surface area (Å²) in [6.45, 7) is 13.9. The van der Waals surface area contributed by atoms with Crippen LogP contribution < -0.4 is 9.64 Å². The third-order valence-electron chi connectivity index (χ3n) is 9.17. The van der Waals surface area contributed by atoms with Gasteiger partial charge in [-0.25, -0.2) is 9.18 Å². The number of hydrogen-bond donors (Lipinski definition) is 0. The Morgan fingerprint density at radius 2 is 1.67 bits per heavy atom. The standard InChI is InChI=1S/C38H48BrFN2O4/c1-25(2)45-36(43)35(46-37(4,5)6)32-26(3)41-31(24-39)33(34(32)42-21-19-38(20-22-42)17-7-18-38)28-10-14-30(15-11-28)44-23-16-27-8-12-29(40)13-9-27/h8-15,25,35H,7,16-24H2,1-6H3/t35-/m0/s1. The number of pyridine rings is 1. The van der Waals surface area contributed by atoms with Crippen molar-refractivity contribution >= 4 is 27.6 Å². The molecule has 2 fully saturated rings. The van der Waals surface area contributed by atoms with Crippen molar-refractivity contribution in [2.75, 3.05) is 24.6 Å². The van der Waals surface area contributed by atoms with E-state index < -0.39 is 17.7 Å². The maximum atomic E-state index is 13.8. The summed E-state index contributed by atoms with van der Waals surface area (Å²) in [4.78, 5) is 21.4. The van der Waals surface area contributed by atoms with Crippen LogP contribution in [0.15, 0.2) is 48.5 Å². The predicted molar refractivity (Wildman–Crippen MR) is 185 cm³/mol. The van der Waals surface area contributed by atoms with E-state index in [0.717, 1.165) is 71.0 Å². The molecule has 5 rings (SSSR count). The fourth-order valence-electron chi connectivity index (χ4n) is 6.71. The molecule has 0 radical (unpaired) electrons. The van der Waals surface area contributed by atoms with Crippen molar-refractivity contribution in [3.8, 4) is 16.9 Å². The molecule has 2 aromatic carbocycles. The molecule has 1 aliphatic heterocycles. The quantitative estimate of drug-likeness (QED) is 0.147. The van der Waals surface area contributed by atoms with Gasteiger partial charge in [0.2, 0.25) is 0 Å². The lowest BCUT2D eigenvalue weighted by Crippen LogP contribution is -2.44. The fourth-order valence-corrected chi connectivity index (χ4v) is 7.12. The number of carbonyl (C=O) groups excluding carboxylic acids is 1. The summed E-state index contributed by atoms with van der Waals surface area (Å²) >= 11 is 3.73. The Balaban J connectivity index is 1.55. The predicted octanol–water partition coefficient (Wildman–Crippen LogP) is 9.29. The van der Waals surface area contributed by atoms with Crippen molar-refractivity contribution in [1.29, 1.82) is 0 Å². The zero-order chi connectivity index (χ0) is 33.1. The highest BCUT2D eigenvalue weighted by Crippen LogP contribution is 2.51. The Morgan fingerprint density at radius 1 is 1.02 bits per heavy atom.